The minimum Gasteiger partial charge on any atom is -0.315 e. The molecule has 0 amide bonds. The third-order valence-corrected chi connectivity index (χ3v) is 4.04. The molecule has 1 saturated heterocycles. The second-order valence-electron chi connectivity index (χ2n) is 5.50. The lowest BCUT2D eigenvalue weighted by atomic mass is 9.97. The summed E-state index contributed by atoms with van der Waals surface area (Å²) in [7, 11) is 0. The first-order valence-corrected chi connectivity index (χ1v) is 7.60. The molecule has 2 aromatic carbocycles. The summed E-state index contributed by atoms with van der Waals surface area (Å²) in [5.74, 6) is -0.178. The average molecular weight is 284 g/mol. The summed E-state index contributed by atoms with van der Waals surface area (Å²) in [6.07, 6.45) is 1.14. The van der Waals surface area contributed by atoms with Gasteiger partial charge >= 0.3 is 0 Å². The SMILES string of the molecule is Fc1ccc(C(c2ccccc2)N2CCCNCC2)cc1. The summed E-state index contributed by atoms with van der Waals surface area (Å²) in [6, 6.07) is 17.6. The minimum absolute atomic E-state index is 0.178. The molecule has 0 aromatic heterocycles. The first-order chi connectivity index (χ1) is 10.3. The van der Waals surface area contributed by atoms with Gasteiger partial charge in [-0.05, 0) is 36.2 Å². The molecule has 3 rings (SSSR count). The van der Waals surface area contributed by atoms with Crippen molar-refractivity contribution in [1.82, 2.24) is 10.2 Å². The van der Waals surface area contributed by atoms with E-state index in [9.17, 15) is 4.39 Å². The van der Waals surface area contributed by atoms with E-state index in [4.69, 9.17) is 0 Å². The van der Waals surface area contributed by atoms with E-state index in [0.29, 0.717) is 0 Å². The number of hydrogen-bond donors (Lipinski definition) is 1. The molecular weight excluding hydrogens is 263 g/mol. The van der Waals surface area contributed by atoms with Gasteiger partial charge in [0.05, 0.1) is 6.04 Å². The van der Waals surface area contributed by atoms with Gasteiger partial charge in [-0.1, -0.05) is 42.5 Å². The quantitative estimate of drug-likeness (QED) is 0.931. The fourth-order valence-electron chi connectivity index (χ4n) is 3.02. The van der Waals surface area contributed by atoms with Gasteiger partial charge in [0.15, 0.2) is 0 Å². The van der Waals surface area contributed by atoms with Crippen LogP contribution in [0.25, 0.3) is 0 Å². The molecule has 2 nitrogen and oxygen atoms in total. The van der Waals surface area contributed by atoms with Gasteiger partial charge in [-0.15, -0.1) is 0 Å². The van der Waals surface area contributed by atoms with Gasteiger partial charge in [0.2, 0.25) is 0 Å². The van der Waals surface area contributed by atoms with Crippen molar-refractivity contribution >= 4 is 0 Å². The Morgan fingerprint density at radius 1 is 0.857 bits per heavy atom. The molecule has 0 aliphatic carbocycles. The monoisotopic (exact) mass is 284 g/mol. The lowest BCUT2D eigenvalue weighted by Crippen LogP contribution is -2.33. The van der Waals surface area contributed by atoms with Crippen molar-refractivity contribution in [2.75, 3.05) is 26.2 Å². The number of rotatable bonds is 3. The van der Waals surface area contributed by atoms with Crippen molar-refractivity contribution in [3.8, 4) is 0 Å². The van der Waals surface area contributed by atoms with E-state index in [1.165, 1.54) is 5.56 Å². The van der Waals surface area contributed by atoms with E-state index < -0.39 is 0 Å². The standard InChI is InChI=1S/C18H21FN2/c19-17-9-7-16(8-10-17)18(15-5-2-1-3-6-15)21-13-4-11-20-12-14-21/h1-3,5-10,18,20H,4,11-14H2. The van der Waals surface area contributed by atoms with Gasteiger partial charge in [-0.3, -0.25) is 4.90 Å². The number of nitrogens with zero attached hydrogens (tertiary/aromatic N) is 1. The smallest absolute Gasteiger partial charge is 0.123 e. The Labute approximate surface area is 125 Å². The number of hydrogen-bond acceptors (Lipinski definition) is 2. The largest absolute Gasteiger partial charge is 0.315 e. The van der Waals surface area contributed by atoms with Crippen LogP contribution in [0.3, 0.4) is 0 Å². The van der Waals surface area contributed by atoms with Crippen molar-refractivity contribution < 1.29 is 4.39 Å². The normalized spacial score (nSPS) is 18.1. The molecule has 2 aromatic rings. The Bertz CT molecular complexity index is 545. The zero-order valence-electron chi connectivity index (χ0n) is 12.1. The van der Waals surface area contributed by atoms with E-state index in [-0.39, 0.29) is 11.9 Å². The van der Waals surface area contributed by atoms with Crippen LogP contribution in [0.1, 0.15) is 23.6 Å². The Kier molecular flexibility index (Phi) is 4.63. The summed E-state index contributed by atoms with van der Waals surface area (Å²) >= 11 is 0. The highest BCUT2D eigenvalue weighted by molar-refractivity contribution is 5.32. The molecule has 0 radical (unpaired) electrons. The Hall–Kier alpha value is -1.71. The van der Waals surface area contributed by atoms with Crippen LogP contribution in [-0.4, -0.2) is 31.1 Å². The third-order valence-electron chi connectivity index (χ3n) is 4.04. The maximum atomic E-state index is 13.2. The molecule has 1 N–H and O–H groups in total. The van der Waals surface area contributed by atoms with Gasteiger partial charge in [-0.2, -0.15) is 0 Å². The highest BCUT2D eigenvalue weighted by Gasteiger charge is 2.22. The van der Waals surface area contributed by atoms with E-state index in [1.54, 1.807) is 12.1 Å². The second-order valence-corrected chi connectivity index (χ2v) is 5.50. The van der Waals surface area contributed by atoms with Crippen LogP contribution in [-0.2, 0) is 0 Å². The average Bonchev–Trinajstić information content (AvgIpc) is 2.80. The zero-order valence-corrected chi connectivity index (χ0v) is 12.1. The number of halogens is 1. The van der Waals surface area contributed by atoms with Crippen molar-refractivity contribution in [1.29, 1.82) is 0 Å². The predicted molar refractivity (Wildman–Crippen MR) is 83.7 cm³/mol. The molecule has 1 fully saturated rings. The lowest BCUT2D eigenvalue weighted by molar-refractivity contribution is 0.241. The Balaban J connectivity index is 1.95. The predicted octanol–water partition coefficient (Wildman–Crippen LogP) is 3.21. The fraction of sp³-hybridized carbons (Fsp3) is 0.333. The maximum absolute atomic E-state index is 13.2. The summed E-state index contributed by atoms with van der Waals surface area (Å²) in [6.45, 7) is 4.15. The minimum atomic E-state index is -0.178. The molecule has 1 aliphatic heterocycles. The topological polar surface area (TPSA) is 15.3 Å². The highest BCUT2D eigenvalue weighted by Crippen LogP contribution is 2.29. The highest BCUT2D eigenvalue weighted by atomic mass is 19.1. The Morgan fingerprint density at radius 2 is 1.57 bits per heavy atom. The second kappa shape index (κ2) is 6.83. The molecule has 1 heterocycles. The molecular formula is C18H21FN2. The molecule has 0 spiro atoms. The summed E-state index contributed by atoms with van der Waals surface area (Å²) in [4.78, 5) is 2.49. The van der Waals surface area contributed by atoms with Crippen molar-refractivity contribution in [3.05, 3.63) is 71.5 Å². The van der Waals surface area contributed by atoms with Crippen molar-refractivity contribution in [3.63, 3.8) is 0 Å². The van der Waals surface area contributed by atoms with E-state index in [1.807, 2.05) is 18.2 Å². The molecule has 3 heteroatoms. The van der Waals surface area contributed by atoms with Gasteiger partial charge in [0.1, 0.15) is 5.82 Å². The van der Waals surface area contributed by atoms with Crippen LogP contribution in [0.4, 0.5) is 4.39 Å². The van der Waals surface area contributed by atoms with Crippen LogP contribution in [0, 0.1) is 5.82 Å². The van der Waals surface area contributed by atoms with Gasteiger partial charge in [-0.25, -0.2) is 4.39 Å². The Morgan fingerprint density at radius 3 is 2.33 bits per heavy atom. The molecule has 1 unspecified atom stereocenters. The number of benzene rings is 2. The van der Waals surface area contributed by atoms with Gasteiger partial charge < -0.3 is 5.32 Å². The first kappa shape index (κ1) is 14.2. The van der Waals surface area contributed by atoms with Crippen molar-refractivity contribution in [2.45, 2.75) is 12.5 Å². The fourth-order valence-corrected chi connectivity index (χ4v) is 3.02. The molecule has 0 saturated carbocycles. The van der Waals surface area contributed by atoms with Crippen molar-refractivity contribution in [2.24, 2.45) is 0 Å². The number of nitrogens with one attached hydrogen (secondary N) is 1. The third kappa shape index (κ3) is 3.49. The van der Waals surface area contributed by atoms with Gasteiger partial charge in [0, 0.05) is 19.6 Å². The van der Waals surface area contributed by atoms with Crippen LogP contribution in [0.2, 0.25) is 0 Å². The molecule has 1 atom stereocenters. The zero-order chi connectivity index (χ0) is 14.5. The molecule has 21 heavy (non-hydrogen) atoms. The molecule has 1 aliphatic rings. The lowest BCUT2D eigenvalue weighted by Gasteiger charge is -2.31. The van der Waals surface area contributed by atoms with E-state index >= 15 is 0 Å². The van der Waals surface area contributed by atoms with Crippen LogP contribution >= 0.6 is 0 Å². The summed E-state index contributed by atoms with van der Waals surface area (Å²) < 4.78 is 13.2. The van der Waals surface area contributed by atoms with Crippen LogP contribution < -0.4 is 5.32 Å². The summed E-state index contributed by atoms with van der Waals surface area (Å²) in [5.41, 5.74) is 2.43. The van der Waals surface area contributed by atoms with Gasteiger partial charge in [0.25, 0.3) is 0 Å². The molecule has 0 bridgehead atoms. The first-order valence-electron chi connectivity index (χ1n) is 7.60. The molecule has 110 valence electrons. The summed E-state index contributed by atoms with van der Waals surface area (Å²) in [5, 5.41) is 3.44. The van der Waals surface area contributed by atoms with E-state index in [2.05, 4.69) is 34.5 Å². The van der Waals surface area contributed by atoms with E-state index in [0.717, 1.165) is 38.2 Å². The van der Waals surface area contributed by atoms with Crippen LogP contribution in [0.15, 0.2) is 54.6 Å². The maximum Gasteiger partial charge on any atom is 0.123 e. The van der Waals surface area contributed by atoms with Crippen LogP contribution in [0.5, 0.6) is 0 Å².